The predicted octanol–water partition coefficient (Wildman–Crippen LogP) is 2.74. The minimum atomic E-state index is -0.689. The predicted molar refractivity (Wildman–Crippen MR) is 128 cm³/mol. The van der Waals surface area contributed by atoms with Crippen LogP contribution in [0.4, 0.5) is 4.39 Å². The Morgan fingerprint density at radius 2 is 1.97 bits per heavy atom. The molecule has 1 N–H and O–H groups in total. The van der Waals surface area contributed by atoms with Crippen molar-refractivity contribution in [3.63, 3.8) is 0 Å². The van der Waals surface area contributed by atoms with Crippen molar-refractivity contribution in [3.05, 3.63) is 66.0 Å². The third-order valence-electron chi connectivity index (χ3n) is 6.36. The maximum atomic E-state index is 14.3. The number of halogens is 1. The van der Waals surface area contributed by atoms with Crippen molar-refractivity contribution in [1.29, 1.82) is 10.5 Å². The van der Waals surface area contributed by atoms with Crippen LogP contribution in [0.25, 0.3) is 22.4 Å². The highest BCUT2D eigenvalue weighted by atomic mass is 19.1. The first-order valence-corrected chi connectivity index (χ1v) is 11.5. The van der Waals surface area contributed by atoms with Gasteiger partial charge in [-0.2, -0.15) is 15.6 Å². The molecule has 4 aromatic rings. The number of nitrogens with zero attached hydrogens (tertiary/aromatic N) is 8. The lowest BCUT2D eigenvalue weighted by molar-refractivity contribution is 0.0613. The fraction of sp³-hybridized carbons (Fsp3) is 0.280. The van der Waals surface area contributed by atoms with E-state index in [1.807, 2.05) is 24.4 Å². The molecule has 10 nitrogen and oxygen atoms in total. The molecule has 1 fully saturated rings. The van der Waals surface area contributed by atoms with E-state index in [1.165, 1.54) is 18.5 Å². The normalized spacial score (nSPS) is 14.9. The number of aromatic amines is 1. The standard InChI is InChI=1S/C25H22FN9O/c26-21-13-17(14-28)1-2-19(21)25(36)34-11-9-33(10-12-34)15-18(3-6-27)35-8-5-22(32-35)23-20-4-7-29-24(20)31-16-30-23/h1-2,4-5,7-8,13,16,18H,3,9-12,15H2,(H,29,30,31)/t18-/m0/s1. The summed E-state index contributed by atoms with van der Waals surface area (Å²) in [4.78, 5) is 28.3. The van der Waals surface area contributed by atoms with Crippen molar-refractivity contribution in [1.82, 2.24) is 34.5 Å². The Balaban J connectivity index is 1.25. The first-order valence-electron chi connectivity index (χ1n) is 11.5. The Morgan fingerprint density at radius 1 is 1.14 bits per heavy atom. The average molecular weight is 484 g/mol. The molecule has 1 aliphatic rings. The Kier molecular flexibility index (Phi) is 6.39. The van der Waals surface area contributed by atoms with Gasteiger partial charge in [0.2, 0.25) is 0 Å². The topological polar surface area (TPSA) is 131 Å². The van der Waals surface area contributed by atoms with Crippen molar-refractivity contribution in [2.45, 2.75) is 12.5 Å². The number of hydrogen-bond donors (Lipinski definition) is 1. The van der Waals surface area contributed by atoms with E-state index in [0.29, 0.717) is 38.4 Å². The van der Waals surface area contributed by atoms with E-state index in [9.17, 15) is 14.4 Å². The summed E-state index contributed by atoms with van der Waals surface area (Å²) in [7, 11) is 0. The number of H-pyrrole nitrogens is 1. The van der Waals surface area contributed by atoms with Gasteiger partial charge in [0.05, 0.1) is 35.7 Å². The highest BCUT2D eigenvalue weighted by Gasteiger charge is 2.26. The summed E-state index contributed by atoms with van der Waals surface area (Å²) in [6.45, 7) is 2.65. The average Bonchev–Trinajstić information content (AvgIpc) is 3.58. The number of carbonyl (C=O) groups is 1. The second-order valence-electron chi connectivity index (χ2n) is 8.56. The first-order chi connectivity index (χ1) is 17.6. The van der Waals surface area contributed by atoms with Gasteiger partial charge in [0, 0.05) is 50.5 Å². The minimum absolute atomic E-state index is 0.0323. The van der Waals surface area contributed by atoms with Crippen LogP contribution < -0.4 is 0 Å². The molecule has 180 valence electrons. The van der Waals surface area contributed by atoms with Gasteiger partial charge in [-0.25, -0.2) is 14.4 Å². The van der Waals surface area contributed by atoms with Crippen molar-refractivity contribution in [3.8, 4) is 23.5 Å². The van der Waals surface area contributed by atoms with Gasteiger partial charge in [-0.05, 0) is 30.3 Å². The zero-order valence-corrected chi connectivity index (χ0v) is 19.3. The van der Waals surface area contributed by atoms with Gasteiger partial charge in [-0.15, -0.1) is 0 Å². The van der Waals surface area contributed by atoms with Gasteiger partial charge >= 0.3 is 0 Å². The van der Waals surface area contributed by atoms with Crippen LogP contribution in [0.2, 0.25) is 0 Å². The summed E-state index contributed by atoms with van der Waals surface area (Å²) in [6.07, 6.45) is 5.42. The van der Waals surface area contributed by atoms with Crippen LogP contribution in [-0.2, 0) is 0 Å². The largest absolute Gasteiger partial charge is 0.346 e. The lowest BCUT2D eigenvalue weighted by Crippen LogP contribution is -2.50. The fourth-order valence-electron chi connectivity index (χ4n) is 4.45. The van der Waals surface area contributed by atoms with Gasteiger partial charge in [-0.3, -0.25) is 14.4 Å². The summed E-state index contributed by atoms with van der Waals surface area (Å²) < 4.78 is 16.1. The number of benzene rings is 1. The maximum Gasteiger partial charge on any atom is 0.256 e. The number of amides is 1. The lowest BCUT2D eigenvalue weighted by atomic mass is 10.1. The van der Waals surface area contributed by atoms with Gasteiger partial charge in [0.15, 0.2) is 0 Å². The van der Waals surface area contributed by atoms with Gasteiger partial charge in [-0.1, -0.05) is 0 Å². The lowest BCUT2D eigenvalue weighted by Gasteiger charge is -2.36. The molecule has 1 aromatic carbocycles. The SMILES string of the molecule is N#CC[C@@H](CN1CCN(C(=O)c2ccc(C#N)cc2F)CC1)n1ccc(-c2ncnc3[nH]ccc23)n1. The second kappa shape index (κ2) is 9.94. The number of fused-ring (bicyclic) bond motifs is 1. The van der Waals surface area contributed by atoms with Crippen molar-refractivity contribution >= 4 is 16.9 Å². The molecule has 5 rings (SSSR count). The molecular formula is C25H22FN9O. The van der Waals surface area contributed by atoms with Gasteiger partial charge in [0.25, 0.3) is 5.91 Å². The quantitative estimate of drug-likeness (QED) is 0.446. The van der Waals surface area contributed by atoms with Gasteiger partial charge in [0.1, 0.15) is 29.2 Å². The molecule has 1 aliphatic heterocycles. The third-order valence-corrected chi connectivity index (χ3v) is 6.36. The summed E-state index contributed by atoms with van der Waals surface area (Å²) in [5.74, 6) is -1.08. The maximum absolute atomic E-state index is 14.3. The van der Waals surface area contributed by atoms with Crippen LogP contribution in [0.1, 0.15) is 28.4 Å². The summed E-state index contributed by atoms with van der Waals surface area (Å²) in [5, 5.41) is 23.9. The fourth-order valence-corrected chi connectivity index (χ4v) is 4.45. The molecule has 3 aromatic heterocycles. The molecule has 0 radical (unpaired) electrons. The van der Waals surface area contributed by atoms with E-state index in [0.717, 1.165) is 22.8 Å². The number of hydrogen-bond acceptors (Lipinski definition) is 7. The van der Waals surface area contributed by atoms with Crippen LogP contribution in [0.5, 0.6) is 0 Å². The van der Waals surface area contributed by atoms with Crippen LogP contribution in [0, 0.1) is 28.5 Å². The molecule has 1 amide bonds. The Bertz CT molecular complexity index is 1490. The number of rotatable bonds is 6. The van der Waals surface area contributed by atoms with E-state index in [-0.39, 0.29) is 29.5 Å². The molecule has 0 saturated carbocycles. The molecular weight excluding hydrogens is 461 g/mol. The number of nitrogens with one attached hydrogen (secondary N) is 1. The number of carbonyl (C=O) groups excluding carboxylic acids is 1. The first kappa shape index (κ1) is 23.1. The smallest absolute Gasteiger partial charge is 0.256 e. The van der Waals surface area contributed by atoms with Crippen LogP contribution >= 0.6 is 0 Å². The summed E-state index contributed by atoms with van der Waals surface area (Å²) in [6, 6.07) is 11.6. The van der Waals surface area contributed by atoms with Gasteiger partial charge < -0.3 is 9.88 Å². The third kappa shape index (κ3) is 4.52. The minimum Gasteiger partial charge on any atom is -0.346 e. The van der Waals surface area contributed by atoms with Crippen LogP contribution in [-0.4, -0.2) is 73.2 Å². The molecule has 11 heteroatoms. The molecule has 0 unspecified atom stereocenters. The molecule has 0 spiro atoms. The van der Waals surface area contributed by atoms with Crippen molar-refractivity contribution < 1.29 is 9.18 Å². The van der Waals surface area contributed by atoms with E-state index >= 15 is 0 Å². The van der Waals surface area contributed by atoms with Crippen molar-refractivity contribution in [2.75, 3.05) is 32.7 Å². The Morgan fingerprint density at radius 3 is 2.72 bits per heavy atom. The second-order valence-corrected chi connectivity index (χ2v) is 8.56. The highest BCUT2D eigenvalue weighted by molar-refractivity contribution is 5.94. The number of aromatic nitrogens is 5. The van der Waals surface area contributed by atoms with E-state index < -0.39 is 5.82 Å². The highest BCUT2D eigenvalue weighted by Crippen LogP contribution is 2.25. The van der Waals surface area contributed by atoms with Crippen LogP contribution in [0.15, 0.2) is 49.1 Å². The van der Waals surface area contributed by atoms with Crippen LogP contribution in [0.3, 0.4) is 0 Å². The van der Waals surface area contributed by atoms with Crippen molar-refractivity contribution in [2.24, 2.45) is 0 Å². The molecule has 1 atom stereocenters. The molecule has 4 heterocycles. The Labute approximate surface area is 206 Å². The number of piperazine rings is 1. The molecule has 1 saturated heterocycles. The Hall–Kier alpha value is -4.61. The zero-order valence-electron chi connectivity index (χ0n) is 19.3. The van der Waals surface area contributed by atoms with E-state index in [2.05, 4.69) is 25.9 Å². The summed E-state index contributed by atoms with van der Waals surface area (Å²) in [5.41, 5.74) is 2.30. The van der Waals surface area contributed by atoms with E-state index in [4.69, 9.17) is 10.4 Å². The monoisotopic (exact) mass is 483 g/mol. The molecule has 0 aliphatic carbocycles. The summed E-state index contributed by atoms with van der Waals surface area (Å²) >= 11 is 0. The molecule has 0 bridgehead atoms. The zero-order chi connectivity index (χ0) is 25.1. The number of nitriles is 2. The molecule has 36 heavy (non-hydrogen) atoms. The van der Waals surface area contributed by atoms with E-state index in [1.54, 1.807) is 15.8 Å².